The van der Waals surface area contributed by atoms with E-state index in [4.69, 9.17) is 10.2 Å². The Labute approximate surface area is 71.2 Å². The molecule has 3 atom stereocenters. The number of aliphatic hydroxyl groups excluding tert-OH is 1. The number of ketones is 1. The van der Waals surface area contributed by atoms with Crippen molar-refractivity contribution in [2.24, 2.45) is 11.8 Å². The molecule has 0 aromatic heterocycles. The molecule has 0 saturated heterocycles. The zero-order chi connectivity index (χ0) is 9.89. The minimum atomic E-state index is -1.15. The van der Waals surface area contributed by atoms with Gasteiger partial charge in [-0.2, -0.15) is 0 Å². The lowest BCUT2D eigenvalue weighted by atomic mass is 9.92. The van der Waals surface area contributed by atoms with E-state index in [2.05, 4.69) is 0 Å². The van der Waals surface area contributed by atoms with Gasteiger partial charge in [-0.15, -0.1) is 0 Å². The Balaban J connectivity index is 4.29. The average Bonchev–Trinajstić information content (AvgIpc) is 2.00. The van der Waals surface area contributed by atoms with Crippen LogP contribution in [-0.2, 0) is 9.59 Å². The third-order valence-electron chi connectivity index (χ3n) is 1.97. The molecule has 2 N–H and O–H groups in total. The number of aliphatic carboxylic acids is 1. The number of carboxylic acids is 1. The van der Waals surface area contributed by atoms with Gasteiger partial charge in [-0.1, -0.05) is 6.92 Å². The molecule has 0 aliphatic rings. The number of hydrogen-bond donors (Lipinski definition) is 2. The van der Waals surface area contributed by atoms with E-state index >= 15 is 0 Å². The van der Waals surface area contributed by atoms with Crippen LogP contribution in [-0.4, -0.2) is 28.1 Å². The maximum Gasteiger partial charge on any atom is 0.313 e. The first-order valence-corrected chi connectivity index (χ1v) is 3.82. The first-order chi connectivity index (χ1) is 5.37. The molecule has 1 unspecified atom stereocenters. The number of hydrogen-bond acceptors (Lipinski definition) is 3. The molecular weight excluding hydrogens is 160 g/mol. The van der Waals surface area contributed by atoms with Gasteiger partial charge in [0.25, 0.3) is 0 Å². The van der Waals surface area contributed by atoms with Gasteiger partial charge in [0.05, 0.1) is 6.10 Å². The highest BCUT2D eigenvalue weighted by Crippen LogP contribution is 2.10. The van der Waals surface area contributed by atoms with Gasteiger partial charge < -0.3 is 10.2 Å². The summed E-state index contributed by atoms with van der Waals surface area (Å²) in [5.41, 5.74) is 0. The number of rotatable bonds is 4. The lowest BCUT2D eigenvalue weighted by Gasteiger charge is -2.15. The summed E-state index contributed by atoms with van der Waals surface area (Å²) >= 11 is 0. The van der Waals surface area contributed by atoms with E-state index in [0.29, 0.717) is 0 Å². The Morgan fingerprint density at radius 2 is 1.58 bits per heavy atom. The van der Waals surface area contributed by atoms with Crippen molar-refractivity contribution in [2.75, 3.05) is 0 Å². The highest BCUT2D eigenvalue weighted by atomic mass is 16.4. The largest absolute Gasteiger partial charge is 0.481 e. The van der Waals surface area contributed by atoms with Crippen LogP contribution in [0.15, 0.2) is 0 Å². The number of carbonyl (C=O) groups excluding carboxylic acids is 1. The Kier molecular flexibility index (Phi) is 3.89. The highest BCUT2D eigenvalue weighted by Gasteiger charge is 2.27. The second-order valence-electron chi connectivity index (χ2n) is 2.99. The van der Waals surface area contributed by atoms with Crippen LogP contribution >= 0.6 is 0 Å². The molecule has 12 heavy (non-hydrogen) atoms. The van der Waals surface area contributed by atoms with Crippen molar-refractivity contribution in [1.29, 1.82) is 0 Å². The van der Waals surface area contributed by atoms with Gasteiger partial charge in [0.15, 0.2) is 5.78 Å². The molecule has 0 aliphatic carbocycles. The van der Waals surface area contributed by atoms with E-state index in [1.54, 1.807) is 0 Å². The van der Waals surface area contributed by atoms with Crippen molar-refractivity contribution in [2.45, 2.75) is 26.9 Å². The fraction of sp³-hybridized carbons (Fsp3) is 0.750. The Bertz CT molecular complexity index is 185. The molecule has 0 radical (unpaired) electrons. The minimum absolute atomic E-state index is 0.433. The summed E-state index contributed by atoms with van der Waals surface area (Å²) in [5, 5.41) is 17.5. The van der Waals surface area contributed by atoms with Crippen molar-refractivity contribution in [3.63, 3.8) is 0 Å². The van der Waals surface area contributed by atoms with Crippen LogP contribution in [0, 0.1) is 11.8 Å². The molecule has 0 aromatic carbocycles. The maximum atomic E-state index is 11.2. The van der Waals surface area contributed by atoms with Crippen molar-refractivity contribution in [3.05, 3.63) is 0 Å². The first-order valence-electron chi connectivity index (χ1n) is 3.82. The molecule has 0 saturated carbocycles. The van der Waals surface area contributed by atoms with Crippen molar-refractivity contribution < 1.29 is 19.8 Å². The molecule has 0 fully saturated rings. The van der Waals surface area contributed by atoms with Crippen LogP contribution in [0.25, 0.3) is 0 Å². The summed E-state index contributed by atoms with van der Waals surface area (Å²) in [5.74, 6) is -3.23. The quantitative estimate of drug-likeness (QED) is 0.601. The van der Waals surface area contributed by atoms with E-state index in [1.165, 1.54) is 20.8 Å². The fourth-order valence-electron chi connectivity index (χ4n) is 0.754. The van der Waals surface area contributed by atoms with Crippen LogP contribution in [0.2, 0.25) is 0 Å². The van der Waals surface area contributed by atoms with Crippen LogP contribution in [0.1, 0.15) is 20.8 Å². The second kappa shape index (κ2) is 4.21. The molecule has 0 aromatic rings. The summed E-state index contributed by atoms with van der Waals surface area (Å²) in [6, 6.07) is 0. The monoisotopic (exact) mass is 174 g/mol. The van der Waals surface area contributed by atoms with Crippen molar-refractivity contribution in [1.82, 2.24) is 0 Å². The predicted octanol–water partition coefficient (Wildman–Crippen LogP) is 0.293. The lowest BCUT2D eigenvalue weighted by Crippen LogP contribution is -2.31. The number of aliphatic hydroxyl groups is 1. The van der Waals surface area contributed by atoms with Gasteiger partial charge in [0, 0.05) is 5.92 Å². The smallest absolute Gasteiger partial charge is 0.313 e. The van der Waals surface area contributed by atoms with E-state index in [0.717, 1.165) is 0 Å². The molecule has 0 amide bonds. The van der Waals surface area contributed by atoms with Gasteiger partial charge in [0.1, 0.15) is 5.92 Å². The van der Waals surface area contributed by atoms with Crippen molar-refractivity contribution in [3.8, 4) is 0 Å². The third-order valence-corrected chi connectivity index (χ3v) is 1.97. The average molecular weight is 174 g/mol. The van der Waals surface area contributed by atoms with E-state index in [9.17, 15) is 9.59 Å². The molecule has 0 spiro atoms. The molecule has 0 aliphatic heterocycles. The summed E-state index contributed by atoms with van der Waals surface area (Å²) < 4.78 is 0. The minimum Gasteiger partial charge on any atom is -0.481 e. The number of Topliss-reactive ketones (excluding diaryl/α,β-unsaturated/α-hetero) is 1. The van der Waals surface area contributed by atoms with Crippen LogP contribution in [0.3, 0.4) is 0 Å². The molecule has 0 rings (SSSR count). The molecule has 0 bridgehead atoms. The summed E-state index contributed by atoms with van der Waals surface area (Å²) in [6.45, 7) is 4.31. The highest BCUT2D eigenvalue weighted by molar-refractivity contribution is 5.99. The van der Waals surface area contributed by atoms with E-state index in [1.807, 2.05) is 0 Å². The van der Waals surface area contributed by atoms with Gasteiger partial charge in [0.2, 0.25) is 0 Å². The number of carbonyl (C=O) groups is 2. The Morgan fingerprint density at radius 1 is 1.17 bits per heavy atom. The van der Waals surface area contributed by atoms with E-state index in [-0.39, 0.29) is 0 Å². The molecule has 0 heterocycles. The Hall–Kier alpha value is -0.900. The standard InChI is InChI=1S/C8H14O4/c1-4(6(3)9)7(10)5(2)8(11)12/h4-6,9H,1-3H3,(H,11,12)/t4-,5?,6+/m0/s1. The lowest BCUT2D eigenvalue weighted by molar-refractivity contribution is -0.147. The fourth-order valence-corrected chi connectivity index (χ4v) is 0.754. The topological polar surface area (TPSA) is 74.6 Å². The van der Waals surface area contributed by atoms with Crippen molar-refractivity contribution >= 4 is 11.8 Å². The first kappa shape index (κ1) is 11.1. The van der Waals surface area contributed by atoms with Gasteiger partial charge >= 0.3 is 5.97 Å². The maximum absolute atomic E-state index is 11.2. The number of carboxylic acid groups (broad SMARTS) is 1. The summed E-state index contributed by atoms with van der Waals surface area (Å²) in [4.78, 5) is 21.6. The van der Waals surface area contributed by atoms with Crippen LogP contribution < -0.4 is 0 Å². The molecule has 4 nitrogen and oxygen atoms in total. The summed E-state index contributed by atoms with van der Waals surface area (Å²) in [7, 11) is 0. The molecular formula is C8H14O4. The second-order valence-corrected chi connectivity index (χ2v) is 2.99. The van der Waals surface area contributed by atoms with Crippen LogP contribution in [0.5, 0.6) is 0 Å². The van der Waals surface area contributed by atoms with Gasteiger partial charge in [-0.3, -0.25) is 9.59 Å². The normalized spacial score (nSPS) is 18.0. The zero-order valence-electron chi connectivity index (χ0n) is 7.44. The Morgan fingerprint density at radius 3 is 1.83 bits per heavy atom. The van der Waals surface area contributed by atoms with Gasteiger partial charge in [-0.25, -0.2) is 0 Å². The molecule has 70 valence electrons. The van der Waals surface area contributed by atoms with Gasteiger partial charge in [-0.05, 0) is 13.8 Å². The third kappa shape index (κ3) is 2.62. The SMILES string of the molecule is CC(C(=O)O)C(=O)[C@@H](C)[C@@H](C)O. The summed E-state index contributed by atoms with van der Waals surface area (Å²) in [6.07, 6.45) is -0.792. The molecule has 4 heteroatoms. The predicted molar refractivity (Wildman–Crippen MR) is 42.7 cm³/mol. The van der Waals surface area contributed by atoms with E-state index < -0.39 is 29.7 Å². The van der Waals surface area contributed by atoms with Crippen LogP contribution in [0.4, 0.5) is 0 Å². The zero-order valence-corrected chi connectivity index (χ0v) is 7.44.